The molecule has 1 aliphatic heterocycles. The molecule has 1 saturated carbocycles. The first kappa shape index (κ1) is 19.7. The molecule has 31 heavy (non-hydrogen) atoms. The lowest BCUT2D eigenvalue weighted by molar-refractivity contribution is 0.311. The van der Waals surface area contributed by atoms with Gasteiger partial charge in [-0.15, -0.1) is 10.2 Å². The number of phenolic OH excluding ortho intramolecular Hbond substituents is 1. The molecule has 160 valence electrons. The number of hydrogen-bond donors (Lipinski definition) is 2. The minimum Gasteiger partial charge on any atom is -0.507 e. The Labute approximate surface area is 180 Å². The van der Waals surface area contributed by atoms with Crippen LogP contribution in [-0.2, 0) is 7.05 Å². The van der Waals surface area contributed by atoms with E-state index in [1.165, 1.54) is 23.8 Å². The van der Waals surface area contributed by atoms with Crippen molar-refractivity contribution in [2.45, 2.75) is 37.8 Å². The van der Waals surface area contributed by atoms with Crippen molar-refractivity contribution in [3.63, 3.8) is 0 Å². The minimum atomic E-state index is -0.338. The highest BCUT2D eigenvalue weighted by Crippen LogP contribution is 2.32. The lowest BCUT2D eigenvalue weighted by atomic mass is 9.92. The Morgan fingerprint density at radius 1 is 1.03 bits per heavy atom. The van der Waals surface area contributed by atoms with E-state index in [1.54, 1.807) is 31.4 Å². The first-order chi connectivity index (χ1) is 15.1. The number of benzene rings is 1. The van der Waals surface area contributed by atoms with Crippen molar-refractivity contribution in [1.82, 2.24) is 25.1 Å². The van der Waals surface area contributed by atoms with Gasteiger partial charge in [-0.3, -0.25) is 0 Å². The van der Waals surface area contributed by atoms with Gasteiger partial charge in [0.15, 0.2) is 5.82 Å². The number of phenols is 1. The molecule has 3 heterocycles. The van der Waals surface area contributed by atoms with Gasteiger partial charge in [0.1, 0.15) is 5.75 Å². The summed E-state index contributed by atoms with van der Waals surface area (Å²) in [6, 6.07) is 12.0. The molecule has 0 amide bonds. The Morgan fingerprint density at radius 2 is 1.90 bits per heavy atom. The third-order valence-electron chi connectivity index (χ3n) is 6.28. The molecule has 2 fully saturated rings. The maximum absolute atomic E-state index is 11.8. The zero-order valence-electron chi connectivity index (χ0n) is 17.5. The molecule has 8 heteroatoms. The monoisotopic (exact) mass is 418 g/mol. The third-order valence-corrected chi connectivity index (χ3v) is 6.28. The molecular formula is C23H26N6O2. The molecule has 1 saturated heterocycles. The second-order valence-electron chi connectivity index (χ2n) is 8.44. The zero-order chi connectivity index (χ0) is 21.4. The van der Waals surface area contributed by atoms with E-state index in [0.717, 1.165) is 25.3 Å². The average Bonchev–Trinajstić information content (AvgIpc) is 3.22. The quantitative estimate of drug-likeness (QED) is 0.656. The Kier molecular flexibility index (Phi) is 5.15. The first-order valence-corrected chi connectivity index (χ1v) is 10.8. The largest absolute Gasteiger partial charge is 0.507 e. The van der Waals surface area contributed by atoms with Crippen LogP contribution >= 0.6 is 0 Å². The summed E-state index contributed by atoms with van der Waals surface area (Å²) in [5.41, 5.74) is 2.05. The molecule has 0 bridgehead atoms. The van der Waals surface area contributed by atoms with Gasteiger partial charge >= 0.3 is 5.69 Å². The van der Waals surface area contributed by atoms with E-state index in [-0.39, 0.29) is 11.4 Å². The van der Waals surface area contributed by atoms with Crippen LogP contribution in [0, 0.1) is 0 Å². The first-order valence-electron chi connectivity index (χ1n) is 10.8. The van der Waals surface area contributed by atoms with Crippen molar-refractivity contribution in [1.29, 1.82) is 0 Å². The molecule has 8 nitrogen and oxygen atoms in total. The number of aromatic hydroxyl groups is 1. The normalized spacial score (nSPS) is 18.9. The van der Waals surface area contributed by atoms with Crippen molar-refractivity contribution in [2.75, 3.05) is 18.0 Å². The van der Waals surface area contributed by atoms with Gasteiger partial charge in [-0.2, -0.15) is 4.98 Å². The van der Waals surface area contributed by atoms with Crippen molar-refractivity contribution in [3.05, 3.63) is 53.1 Å². The third kappa shape index (κ3) is 4.03. The van der Waals surface area contributed by atoms with Crippen molar-refractivity contribution in [2.24, 2.45) is 7.05 Å². The second-order valence-corrected chi connectivity index (χ2v) is 8.44. The van der Waals surface area contributed by atoms with E-state index in [9.17, 15) is 9.90 Å². The molecule has 2 N–H and O–H groups in total. The number of hydrogen-bond acceptors (Lipinski definition) is 7. The van der Waals surface area contributed by atoms with Crippen molar-refractivity contribution < 1.29 is 5.11 Å². The average molecular weight is 419 g/mol. The summed E-state index contributed by atoms with van der Waals surface area (Å²) in [5.74, 6) is 0.940. The number of aryl methyl sites for hydroxylation is 1. The maximum Gasteiger partial charge on any atom is 0.347 e. The highest BCUT2D eigenvalue weighted by Gasteiger charge is 2.27. The van der Waals surface area contributed by atoms with Crippen LogP contribution < -0.4 is 15.9 Å². The highest BCUT2D eigenvalue weighted by atomic mass is 16.3. The standard InChI is InChI=1S/C23H26N6O2/c1-28-11-10-19(25-23(28)31)15-5-6-18(21(30)13-15)20-7-8-22(27-26-20)29-12-9-17(14-29)24-16-3-2-4-16/h5-8,10-11,13,16-17,24,30H,2-4,9,12,14H2,1H3. The molecule has 1 atom stereocenters. The highest BCUT2D eigenvalue weighted by molar-refractivity contribution is 5.73. The van der Waals surface area contributed by atoms with E-state index in [0.29, 0.717) is 34.6 Å². The summed E-state index contributed by atoms with van der Waals surface area (Å²) in [6.45, 7) is 1.93. The van der Waals surface area contributed by atoms with Gasteiger partial charge in [-0.25, -0.2) is 4.79 Å². The number of nitrogens with zero attached hydrogens (tertiary/aromatic N) is 5. The molecule has 3 aromatic rings. The topological polar surface area (TPSA) is 96.2 Å². The number of aromatic nitrogens is 4. The van der Waals surface area contributed by atoms with E-state index in [4.69, 9.17) is 0 Å². The molecule has 1 aliphatic carbocycles. The Hall–Kier alpha value is -3.26. The fourth-order valence-electron chi connectivity index (χ4n) is 4.18. The van der Waals surface area contributed by atoms with Crippen LogP contribution in [0.25, 0.3) is 22.5 Å². The molecular weight excluding hydrogens is 392 g/mol. The van der Waals surface area contributed by atoms with Crippen LogP contribution in [0.3, 0.4) is 0 Å². The summed E-state index contributed by atoms with van der Waals surface area (Å²) in [4.78, 5) is 18.1. The predicted molar refractivity (Wildman–Crippen MR) is 119 cm³/mol. The van der Waals surface area contributed by atoms with Gasteiger partial charge in [-0.1, -0.05) is 12.5 Å². The molecule has 0 spiro atoms. The Bertz CT molecular complexity index is 1140. The zero-order valence-corrected chi connectivity index (χ0v) is 17.5. The van der Waals surface area contributed by atoms with Crippen molar-refractivity contribution >= 4 is 5.82 Å². The van der Waals surface area contributed by atoms with E-state index < -0.39 is 0 Å². The molecule has 2 aromatic heterocycles. The van der Waals surface area contributed by atoms with Gasteiger partial charge in [0.05, 0.1) is 11.4 Å². The van der Waals surface area contributed by atoms with E-state index in [2.05, 4.69) is 25.4 Å². The van der Waals surface area contributed by atoms with Gasteiger partial charge in [0.2, 0.25) is 0 Å². The summed E-state index contributed by atoms with van der Waals surface area (Å²) in [5, 5.41) is 23.1. The Balaban J connectivity index is 1.30. The van der Waals surface area contributed by atoms with Crippen LogP contribution in [0.4, 0.5) is 5.82 Å². The minimum absolute atomic E-state index is 0.0768. The fourth-order valence-corrected chi connectivity index (χ4v) is 4.18. The van der Waals surface area contributed by atoms with Gasteiger partial charge in [-0.05, 0) is 49.6 Å². The molecule has 0 radical (unpaired) electrons. The molecule has 2 aliphatic rings. The van der Waals surface area contributed by atoms with Crippen LogP contribution in [-0.4, -0.2) is 50.0 Å². The van der Waals surface area contributed by atoms with Crippen LogP contribution in [0.2, 0.25) is 0 Å². The summed E-state index contributed by atoms with van der Waals surface area (Å²) < 4.78 is 1.40. The smallest absolute Gasteiger partial charge is 0.347 e. The summed E-state index contributed by atoms with van der Waals surface area (Å²) in [7, 11) is 1.65. The van der Waals surface area contributed by atoms with Crippen molar-refractivity contribution in [3.8, 4) is 28.3 Å². The molecule has 1 unspecified atom stereocenters. The molecule has 1 aromatic carbocycles. The van der Waals surface area contributed by atoms with E-state index >= 15 is 0 Å². The lowest BCUT2D eigenvalue weighted by Gasteiger charge is -2.29. The molecule has 5 rings (SSSR count). The maximum atomic E-state index is 11.8. The predicted octanol–water partition coefficient (Wildman–Crippen LogP) is 2.33. The number of anilines is 1. The SMILES string of the molecule is Cn1ccc(-c2ccc(-c3ccc(N4CCC(NC5CCC5)C4)nn3)c(O)c2)nc1=O. The summed E-state index contributed by atoms with van der Waals surface area (Å²) in [6.07, 6.45) is 6.72. The number of rotatable bonds is 5. The number of nitrogens with one attached hydrogen (secondary N) is 1. The van der Waals surface area contributed by atoms with Gasteiger partial charge in [0.25, 0.3) is 0 Å². The lowest BCUT2D eigenvalue weighted by Crippen LogP contribution is -2.43. The van der Waals surface area contributed by atoms with E-state index in [1.807, 2.05) is 18.2 Å². The van der Waals surface area contributed by atoms with Crippen LogP contribution in [0.15, 0.2) is 47.4 Å². The fraction of sp³-hybridized carbons (Fsp3) is 0.391. The Morgan fingerprint density at radius 3 is 2.58 bits per heavy atom. The summed E-state index contributed by atoms with van der Waals surface area (Å²) >= 11 is 0. The van der Waals surface area contributed by atoms with Crippen LogP contribution in [0.5, 0.6) is 5.75 Å². The van der Waals surface area contributed by atoms with Gasteiger partial charge in [0, 0.05) is 49.5 Å². The van der Waals surface area contributed by atoms with Crippen LogP contribution in [0.1, 0.15) is 25.7 Å². The second kappa shape index (κ2) is 8.11. The van der Waals surface area contributed by atoms with Gasteiger partial charge < -0.3 is 19.9 Å².